The van der Waals surface area contributed by atoms with Crippen LogP contribution in [0.5, 0.6) is 5.75 Å². The van der Waals surface area contributed by atoms with Crippen LogP contribution >= 0.6 is 0 Å². The summed E-state index contributed by atoms with van der Waals surface area (Å²) in [6.45, 7) is 6.49. The van der Waals surface area contributed by atoms with Crippen molar-refractivity contribution in [3.05, 3.63) is 29.8 Å². The molecule has 1 aromatic rings. The summed E-state index contributed by atoms with van der Waals surface area (Å²) < 4.78 is 5.84. The highest BCUT2D eigenvalue weighted by Gasteiger charge is 2.12. The number of hydrogen-bond donors (Lipinski definition) is 1. The van der Waals surface area contributed by atoms with Crippen molar-refractivity contribution < 1.29 is 4.74 Å². The quantitative estimate of drug-likeness (QED) is 0.832. The fourth-order valence-corrected chi connectivity index (χ4v) is 2.62. The van der Waals surface area contributed by atoms with Gasteiger partial charge in [0, 0.05) is 6.04 Å². The van der Waals surface area contributed by atoms with Crippen molar-refractivity contribution >= 4 is 0 Å². The van der Waals surface area contributed by atoms with E-state index in [1.165, 1.54) is 37.8 Å². The van der Waals surface area contributed by atoms with Gasteiger partial charge in [-0.3, -0.25) is 0 Å². The first-order chi connectivity index (χ1) is 9.29. The molecule has 1 saturated heterocycles. The summed E-state index contributed by atoms with van der Waals surface area (Å²) in [5.74, 6) is 1.64. The maximum atomic E-state index is 5.84. The van der Waals surface area contributed by atoms with Gasteiger partial charge in [-0.1, -0.05) is 32.4 Å². The molecule has 1 heterocycles. The number of ether oxygens (including phenoxy) is 1. The molecular weight excluding hydrogens is 234 g/mol. The summed E-state index contributed by atoms with van der Waals surface area (Å²) in [7, 11) is 0. The first-order valence-electron chi connectivity index (χ1n) is 7.75. The molecule has 1 aliphatic rings. The number of nitrogens with one attached hydrogen (secondary N) is 1. The Morgan fingerprint density at radius 1 is 1.26 bits per heavy atom. The van der Waals surface area contributed by atoms with Crippen molar-refractivity contribution in [3.8, 4) is 5.75 Å². The molecule has 0 spiro atoms. The molecule has 1 fully saturated rings. The van der Waals surface area contributed by atoms with Crippen LogP contribution < -0.4 is 10.1 Å². The molecule has 0 bridgehead atoms. The zero-order chi connectivity index (χ0) is 13.5. The van der Waals surface area contributed by atoms with Crippen LogP contribution in [0.25, 0.3) is 0 Å². The lowest BCUT2D eigenvalue weighted by Crippen LogP contribution is -2.35. The third kappa shape index (κ3) is 4.54. The van der Waals surface area contributed by atoms with Gasteiger partial charge in [0.1, 0.15) is 5.75 Å². The molecule has 1 aromatic carbocycles. The maximum Gasteiger partial charge on any atom is 0.119 e. The summed E-state index contributed by atoms with van der Waals surface area (Å²) in [6.07, 6.45) is 6.30. The van der Waals surface area contributed by atoms with Crippen LogP contribution in [-0.2, 0) is 0 Å². The molecule has 0 aromatic heterocycles. The summed E-state index contributed by atoms with van der Waals surface area (Å²) in [6, 6.07) is 9.27. The summed E-state index contributed by atoms with van der Waals surface area (Å²) in [5.41, 5.74) is 1.41. The zero-order valence-electron chi connectivity index (χ0n) is 12.3. The summed E-state index contributed by atoms with van der Waals surface area (Å²) >= 11 is 0. The molecule has 1 N–H and O–H groups in total. The Morgan fingerprint density at radius 2 is 2.05 bits per heavy atom. The van der Waals surface area contributed by atoms with Crippen molar-refractivity contribution in [2.75, 3.05) is 13.2 Å². The topological polar surface area (TPSA) is 21.3 Å². The van der Waals surface area contributed by atoms with Crippen molar-refractivity contribution in [3.63, 3.8) is 0 Å². The minimum Gasteiger partial charge on any atom is -0.494 e. The predicted molar refractivity (Wildman–Crippen MR) is 80.9 cm³/mol. The van der Waals surface area contributed by atoms with Gasteiger partial charge in [0.2, 0.25) is 0 Å². The van der Waals surface area contributed by atoms with Gasteiger partial charge in [-0.25, -0.2) is 0 Å². The fraction of sp³-hybridized carbons (Fsp3) is 0.647. The van der Waals surface area contributed by atoms with Crippen molar-refractivity contribution in [1.82, 2.24) is 5.32 Å². The highest BCUT2D eigenvalue weighted by atomic mass is 16.5. The van der Waals surface area contributed by atoms with Crippen LogP contribution in [0.1, 0.15) is 57.4 Å². The first kappa shape index (κ1) is 14.4. The van der Waals surface area contributed by atoms with Crippen molar-refractivity contribution in [2.24, 2.45) is 0 Å². The van der Waals surface area contributed by atoms with Crippen LogP contribution in [-0.4, -0.2) is 19.2 Å². The van der Waals surface area contributed by atoms with E-state index < -0.39 is 0 Å². The Kier molecular flexibility index (Phi) is 5.71. The molecule has 0 saturated carbocycles. The minimum absolute atomic E-state index is 0.639. The zero-order valence-corrected chi connectivity index (χ0v) is 12.3. The molecule has 2 rings (SSSR count). The number of piperidine rings is 1. The normalized spacial score (nSPS) is 21.1. The minimum atomic E-state index is 0.639. The lowest BCUT2D eigenvalue weighted by Gasteiger charge is -2.23. The standard InChI is InChI=1S/C17H27NO/c1-3-14(2)15-7-9-17(10-8-15)19-13-11-16-6-4-5-12-18-16/h7-10,14,16,18H,3-6,11-13H2,1-2H3. The molecule has 19 heavy (non-hydrogen) atoms. The molecule has 2 unspecified atom stereocenters. The Morgan fingerprint density at radius 3 is 2.68 bits per heavy atom. The van der Waals surface area contributed by atoms with Crippen molar-refractivity contribution in [1.29, 1.82) is 0 Å². The van der Waals surface area contributed by atoms with E-state index in [0.717, 1.165) is 18.8 Å². The Labute approximate surface area is 117 Å². The molecule has 0 aliphatic carbocycles. The summed E-state index contributed by atoms with van der Waals surface area (Å²) in [5, 5.41) is 3.56. The number of hydrogen-bond acceptors (Lipinski definition) is 2. The number of rotatable bonds is 6. The molecule has 2 atom stereocenters. The maximum absolute atomic E-state index is 5.84. The van der Waals surface area contributed by atoms with Gasteiger partial charge < -0.3 is 10.1 Å². The van der Waals surface area contributed by atoms with Crippen LogP contribution in [0, 0.1) is 0 Å². The number of benzene rings is 1. The molecule has 0 radical (unpaired) electrons. The van der Waals surface area contributed by atoms with Gasteiger partial charge in [0.05, 0.1) is 6.61 Å². The SMILES string of the molecule is CCC(C)c1ccc(OCCC2CCCCN2)cc1. The highest BCUT2D eigenvalue weighted by Crippen LogP contribution is 2.21. The molecule has 106 valence electrons. The first-order valence-corrected chi connectivity index (χ1v) is 7.75. The smallest absolute Gasteiger partial charge is 0.119 e. The lowest BCUT2D eigenvalue weighted by atomic mass is 9.99. The Bertz CT molecular complexity index is 354. The van der Waals surface area contributed by atoms with E-state index in [0.29, 0.717) is 12.0 Å². The Balaban J connectivity index is 1.73. The van der Waals surface area contributed by atoms with Crippen molar-refractivity contribution in [2.45, 2.75) is 57.9 Å². The van der Waals surface area contributed by atoms with E-state index in [1.807, 2.05) is 0 Å². The molecule has 1 aliphatic heterocycles. The van der Waals surface area contributed by atoms with E-state index in [9.17, 15) is 0 Å². The third-order valence-corrected chi connectivity index (χ3v) is 4.21. The predicted octanol–water partition coefficient (Wildman–Crippen LogP) is 4.11. The average molecular weight is 261 g/mol. The van der Waals surface area contributed by atoms with E-state index >= 15 is 0 Å². The third-order valence-electron chi connectivity index (χ3n) is 4.21. The van der Waals surface area contributed by atoms with E-state index in [-0.39, 0.29) is 0 Å². The monoisotopic (exact) mass is 261 g/mol. The second-order valence-corrected chi connectivity index (χ2v) is 5.66. The molecule has 2 nitrogen and oxygen atoms in total. The second-order valence-electron chi connectivity index (χ2n) is 5.66. The largest absolute Gasteiger partial charge is 0.494 e. The van der Waals surface area contributed by atoms with E-state index in [2.05, 4.69) is 43.4 Å². The average Bonchev–Trinajstić information content (AvgIpc) is 2.48. The van der Waals surface area contributed by atoms with Gasteiger partial charge in [-0.05, 0) is 55.8 Å². The van der Waals surface area contributed by atoms with E-state index in [4.69, 9.17) is 4.74 Å². The van der Waals surface area contributed by atoms with Crippen LogP contribution in [0.4, 0.5) is 0 Å². The second kappa shape index (κ2) is 7.54. The molecule has 0 amide bonds. The van der Waals surface area contributed by atoms with Gasteiger partial charge in [-0.2, -0.15) is 0 Å². The van der Waals surface area contributed by atoms with Crippen LogP contribution in [0.15, 0.2) is 24.3 Å². The van der Waals surface area contributed by atoms with Gasteiger partial charge in [0.15, 0.2) is 0 Å². The van der Waals surface area contributed by atoms with E-state index in [1.54, 1.807) is 0 Å². The van der Waals surface area contributed by atoms with Gasteiger partial charge >= 0.3 is 0 Å². The van der Waals surface area contributed by atoms with Crippen LogP contribution in [0.2, 0.25) is 0 Å². The molecular formula is C17H27NO. The fourth-order valence-electron chi connectivity index (χ4n) is 2.62. The lowest BCUT2D eigenvalue weighted by molar-refractivity contribution is 0.268. The highest BCUT2D eigenvalue weighted by molar-refractivity contribution is 5.29. The van der Waals surface area contributed by atoms with Gasteiger partial charge in [-0.15, -0.1) is 0 Å². The molecule has 2 heteroatoms. The van der Waals surface area contributed by atoms with Gasteiger partial charge in [0.25, 0.3) is 0 Å². The van der Waals surface area contributed by atoms with Crippen LogP contribution in [0.3, 0.4) is 0 Å². The summed E-state index contributed by atoms with van der Waals surface area (Å²) in [4.78, 5) is 0. The Hall–Kier alpha value is -1.02.